The van der Waals surface area contributed by atoms with Crippen molar-refractivity contribution in [2.45, 2.75) is 433 Å². The van der Waals surface area contributed by atoms with Gasteiger partial charge in [-0.05, 0) is 49.4 Å². The first-order valence-electron chi connectivity index (χ1n) is 41.8. The van der Waals surface area contributed by atoms with Gasteiger partial charge in [0.15, 0.2) is 12.2 Å². The van der Waals surface area contributed by atoms with Crippen molar-refractivity contribution in [3.05, 3.63) is 0 Å². The number of phosphoric ester groups is 2. The number of hydrogen-bond acceptors (Lipinski definition) is 15. The fourth-order valence-electron chi connectivity index (χ4n) is 12.3. The summed E-state index contributed by atoms with van der Waals surface area (Å²) in [7, 11) is -9.92. The van der Waals surface area contributed by atoms with Crippen LogP contribution in [0.5, 0.6) is 0 Å². The van der Waals surface area contributed by atoms with Gasteiger partial charge in [0.2, 0.25) is 0 Å². The minimum Gasteiger partial charge on any atom is -0.462 e. The highest BCUT2D eigenvalue weighted by atomic mass is 31.2. The van der Waals surface area contributed by atoms with Crippen LogP contribution in [-0.4, -0.2) is 96.7 Å². The number of aliphatic hydroxyl groups excluding tert-OH is 1. The summed E-state index contributed by atoms with van der Waals surface area (Å²) >= 11 is 0. The number of aliphatic hydroxyl groups is 1. The third-order valence-electron chi connectivity index (χ3n) is 19.9. The first-order chi connectivity index (χ1) is 48.2. The molecule has 3 N–H and O–H groups in total. The van der Waals surface area contributed by atoms with Crippen LogP contribution >= 0.6 is 15.6 Å². The number of unbranched alkanes of at least 4 members (excludes halogenated alkanes) is 41. The minimum atomic E-state index is -4.96. The Bertz CT molecular complexity index is 1960. The van der Waals surface area contributed by atoms with Gasteiger partial charge in [-0.25, -0.2) is 9.13 Å². The van der Waals surface area contributed by atoms with Crippen LogP contribution in [0.15, 0.2) is 0 Å². The molecule has 0 aliphatic carbocycles. The maximum Gasteiger partial charge on any atom is 0.472 e. The number of carbonyl (C=O) groups excluding carboxylic acids is 4. The highest BCUT2D eigenvalue weighted by Gasteiger charge is 2.30. The molecular weight excluding hydrogens is 1310 g/mol. The average Bonchev–Trinajstić information content (AvgIpc) is 0.914. The first-order valence-corrected chi connectivity index (χ1v) is 44.8. The molecule has 0 aliphatic heterocycles. The molecule has 0 saturated carbocycles. The largest absolute Gasteiger partial charge is 0.472 e. The molecule has 0 heterocycles. The Kier molecular flexibility index (Phi) is 68.7. The lowest BCUT2D eigenvalue weighted by atomic mass is 9.99. The summed E-state index contributed by atoms with van der Waals surface area (Å²) in [5.74, 6) is 1.05. The van der Waals surface area contributed by atoms with Crippen molar-refractivity contribution in [1.82, 2.24) is 0 Å². The molecule has 0 aromatic heterocycles. The SMILES string of the molecule is CCC(C)CCCCCCCCCCCCCCCCCCCCC(=O)O[C@H](COC(=O)CCCCCCCCCCC(C)CC)COP(=O)(O)OC[C@@H](O)COP(=O)(O)OC[C@@H](COC(=O)CCCCCCCCC(C)CC)OC(=O)CCCCCCCCCCCCCCCC(C)C. The van der Waals surface area contributed by atoms with Gasteiger partial charge in [0.05, 0.1) is 26.4 Å². The van der Waals surface area contributed by atoms with E-state index >= 15 is 0 Å². The summed E-state index contributed by atoms with van der Waals surface area (Å²) < 4.78 is 68.7. The van der Waals surface area contributed by atoms with Crippen molar-refractivity contribution >= 4 is 39.5 Å². The van der Waals surface area contributed by atoms with Gasteiger partial charge in [-0.1, -0.05) is 364 Å². The van der Waals surface area contributed by atoms with E-state index in [0.717, 1.165) is 120 Å². The predicted molar refractivity (Wildman–Crippen MR) is 409 cm³/mol. The summed E-state index contributed by atoms with van der Waals surface area (Å²) in [6.07, 6.45) is 56.9. The van der Waals surface area contributed by atoms with Crippen LogP contribution in [0.2, 0.25) is 0 Å². The second kappa shape index (κ2) is 70.1. The fourth-order valence-corrected chi connectivity index (χ4v) is 13.9. The van der Waals surface area contributed by atoms with Crippen LogP contribution in [-0.2, 0) is 65.4 Å². The molecule has 8 atom stereocenters. The van der Waals surface area contributed by atoms with Gasteiger partial charge in [0.25, 0.3) is 0 Å². The van der Waals surface area contributed by atoms with E-state index in [-0.39, 0.29) is 25.7 Å². The fraction of sp³-hybridized carbons (Fsp3) is 0.951. The lowest BCUT2D eigenvalue weighted by molar-refractivity contribution is -0.161. The van der Waals surface area contributed by atoms with Crippen molar-refractivity contribution in [1.29, 1.82) is 0 Å². The third-order valence-corrected chi connectivity index (χ3v) is 21.8. The lowest BCUT2D eigenvalue weighted by Gasteiger charge is -2.21. The minimum absolute atomic E-state index is 0.106. The highest BCUT2D eigenvalue weighted by molar-refractivity contribution is 7.47. The molecule has 0 saturated heterocycles. The molecule has 0 aromatic carbocycles. The molecule has 0 fully saturated rings. The van der Waals surface area contributed by atoms with E-state index in [9.17, 15) is 43.2 Å². The Morgan fingerprint density at radius 1 is 0.280 bits per heavy atom. The van der Waals surface area contributed by atoms with Crippen LogP contribution in [0, 0.1) is 23.7 Å². The second-order valence-electron chi connectivity index (χ2n) is 30.4. The van der Waals surface area contributed by atoms with Crippen LogP contribution in [0.1, 0.15) is 415 Å². The summed E-state index contributed by atoms with van der Waals surface area (Å²) in [5.41, 5.74) is 0. The Morgan fingerprint density at radius 2 is 0.480 bits per heavy atom. The van der Waals surface area contributed by atoms with E-state index in [4.69, 9.17) is 37.0 Å². The standard InChI is InChI=1S/C81H158O17P2/c1-9-72(6)58-50-42-34-28-24-20-16-14-12-13-15-17-21-25-29-37-47-55-63-80(85)97-76(67-91-78(83)61-53-45-36-32-31-35-43-51-59-73(7)10-2)69-95-99(87,88)93-65-75(82)66-94-100(89,90)96-70-77(68-92-79(84)62-54-46-40-39-44-52-60-74(8)11-3)98-81(86)64-56-48-38-30-26-22-18-19-23-27-33-41-49-57-71(4)5/h71-77,82H,9-70H2,1-8H3,(H,87,88)(H,89,90)/t72?,73?,74?,75-,76-,77-/m1/s1. The zero-order valence-electron chi connectivity index (χ0n) is 65.8. The number of phosphoric acid groups is 2. The number of rotatable bonds is 78. The Labute approximate surface area is 613 Å². The van der Waals surface area contributed by atoms with Crippen molar-refractivity contribution in [2.75, 3.05) is 39.6 Å². The zero-order chi connectivity index (χ0) is 73.8. The van der Waals surface area contributed by atoms with E-state index in [1.165, 1.54) is 212 Å². The molecule has 594 valence electrons. The number of esters is 4. The molecule has 0 amide bonds. The summed E-state index contributed by atoms with van der Waals surface area (Å²) in [4.78, 5) is 73.0. The quantitative estimate of drug-likeness (QED) is 0.0222. The molecule has 0 aromatic rings. The first kappa shape index (κ1) is 98.1. The van der Waals surface area contributed by atoms with Crippen molar-refractivity contribution in [2.24, 2.45) is 23.7 Å². The van der Waals surface area contributed by atoms with E-state index in [0.29, 0.717) is 25.7 Å². The van der Waals surface area contributed by atoms with E-state index in [1.54, 1.807) is 0 Å². The van der Waals surface area contributed by atoms with Gasteiger partial charge < -0.3 is 33.8 Å². The summed E-state index contributed by atoms with van der Waals surface area (Å²) in [6, 6.07) is 0. The zero-order valence-corrected chi connectivity index (χ0v) is 67.6. The molecule has 0 spiro atoms. The topological polar surface area (TPSA) is 237 Å². The molecule has 0 bridgehead atoms. The van der Waals surface area contributed by atoms with Crippen molar-refractivity contribution < 1.29 is 80.2 Å². The smallest absolute Gasteiger partial charge is 0.462 e. The lowest BCUT2D eigenvalue weighted by Crippen LogP contribution is -2.30. The summed E-state index contributed by atoms with van der Waals surface area (Å²) in [5, 5.41) is 10.6. The van der Waals surface area contributed by atoms with Crippen molar-refractivity contribution in [3.8, 4) is 0 Å². The molecule has 100 heavy (non-hydrogen) atoms. The highest BCUT2D eigenvalue weighted by Crippen LogP contribution is 2.45. The number of carbonyl (C=O) groups is 4. The van der Waals surface area contributed by atoms with Crippen LogP contribution in [0.3, 0.4) is 0 Å². The Balaban J connectivity index is 5.20. The molecule has 17 nitrogen and oxygen atoms in total. The van der Waals surface area contributed by atoms with Gasteiger partial charge in [0.1, 0.15) is 19.3 Å². The van der Waals surface area contributed by atoms with Gasteiger partial charge in [-0.15, -0.1) is 0 Å². The third kappa shape index (κ3) is 70.4. The van der Waals surface area contributed by atoms with E-state index in [1.807, 2.05) is 0 Å². The molecule has 0 radical (unpaired) electrons. The normalized spacial score (nSPS) is 14.8. The van der Waals surface area contributed by atoms with Gasteiger partial charge in [-0.2, -0.15) is 0 Å². The number of hydrogen-bond donors (Lipinski definition) is 3. The average molecular weight is 1470 g/mol. The van der Waals surface area contributed by atoms with E-state index in [2.05, 4.69) is 55.4 Å². The monoisotopic (exact) mass is 1470 g/mol. The van der Waals surface area contributed by atoms with E-state index < -0.39 is 97.5 Å². The predicted octanol–water partition coefficient (Wildman–Crippen LogP) is 24.0. The molecule has 19 heteroatoms. The maximum absolute atomic E-state index is 13.1. The van der Waals surface area contributed by atoms with Crippen molar-refractivity contribution in [3.63, 3.8) is 0 Å². The van der Waals surface area contributed by atoms with Gasteiger partial charge in [0, 0.05) is 25.7 Å². The molecule has 5 unspecified atom stereocenters. The van der Waals surface area contributed by atoms with Gasteiger partial charge in [-0.3, -0.25) is 37.3 Å². The Hall–Kier alpha value is -1.94. The maximum atomic E-state index is 13.1. The number of ether oxygens (including phenoxy) is 4. The Morgan fingerprint density at radius 3 is 0.710 bits per heavy atom. The van der Waals surface area contributed by atoms with Gasteiger partial charge >= 0.3 is 39.5 Å². The molecular formula is C81H158O17P2. The summed E-state index contributed by atoms with van der Waals surface area (Å²) in [6.45, 7) is 14.3. The van der Waals surface area contributed by atoms with Crippen LogP contribution < -0.4 is 0 Å². The second-order valence-corrected chi connectivity index (χ2v) is 33.3. The molecule has 0 aliphatic rings. The van der Waals surface area contributed by atoms with Crippen LogP contribution in [0.4, 0.5) is 0 Å². The molecule has 0 rings (SSSR count). The van der Waals surface area contributed by atoms with Crippen LogP contribution in [0.25, 0.3) is 0 Å².